The van der Waals surface area contributed by atoms with E-state index in [-0.39, 0.29) is 0 Å². The van der Waals surface area contributed by atoms with Crippen LogP contribution in [0.2, 0.25) is 0 Å². The average Bonchev–Trinajstić information content (AvgIpc) is 2.47. The van der Waals surface area contributed by atoms with Gasteiger partial charge in [-0.05, 0) is 58.5 Å². The zero-order valence-corrected chi connectivity index (χ0v) is 14.7. The van der Waals surface area contributed by atoms with Gasteiger partial charge in [0.05, 0.1) is 0 Å². The lowest BCUT2D eigenvalue weighted by molar-refractivity contribution is 0.176. The molecule has 0 aromatic carbocycles. The van der Waals surface area contributed by atoms with Gasteiger partial charge in [-0.2, -0.15) is 0 Å². The Morgan fingerprint density at radius 3 is 2.05 bits per heavy atom. The Kier molecular flexibility index (Phi) is 13.8. The first-order valence-electron chi connectivity index (χ1n) is 8.90. The Balaban J connectivity index is 4.13. The van der Waals surface area contributed by atoms with Crippen molar-refractivity contribution in [3.8, 4) is 0 Å². The van der Waals surface area contributed by atoms with E-state index in [4.69, 9.17) is 0 Å². The van der Waals surface area contributed by atoms with Crippen LogP contribution in [0.4, 0.5) is 0 Å². The van der Waals surface area contributed by atoms with Crippen molar-refractivity contribution in [3.05, 3.63) is 0 Å². The van der Waals surface area contributed by atoms with E-state index in [9.17, 15) is 0 Å². The molecule has 0 fully saturated rings. The van der Waals surface area contributed by atoms with Crippen molar-refractivity contribution in [2.75, 3.05) is 45.8 Å². The van der Waals surface area contributed by atoms with E-state index >= 15 is 0 Å². The van der Waals surface area contributed by atoms with Gasteiger partial charge in [0.25, 0.3) is 0 Å². The summed E-state index contributed by atoms with van der Waals surface area (Å²) in [5.74, 6) is 0. The molecule has 0 aliphatic carbocycles. The fraction of sp³-hybridized carbons (Fsp3) is 1.00. The molecule has 0 saturated carbocycles. The van der Waals surface area contributed by atoms with E-state index in [1.807, 2.05) is 0 Å². The fourth-order valence-corrected chi connectivity index (χ4v) is 2.83. The monoisotopic (exact) mass is 285 g/mol. The third kappa shape index (κ3) is 8.93. The van der Waals surface area contributed by atoms with Crippen LogP contribution < -0.4 is 5.32 Å². The molecule has 0 bridgehead atoms. The molecule has 0 aromatic rings. The molecule has 0 amide bonds. The summed E-state index contributed by atoms with van der Waals surface area (Å²) in [4.78, 5) is 5.20. The second-order valence-electron chi connectivity index (χ2n) is 5.66. The number of hydrogen-bond donors (Lipinski definition) is 1. The van der Waals surface area contributed by atoms with Crippen molar-refractivity contribution < 1.29 is 0 Å². The van der Waals surface area contributed by atoms with Crippen LogP contribution in [0.25, 0.3) is 0 Å². The molecule has 20 heavy (non-hydrogen) atoms. The van der Waals surface area contributed by atoms with Gasteiger partial charge in [-0.1, -0.05) is 41.0 Å². The number of nitrogens with one attached hydrogen (secondary N) is 1. The Hall–Kier alpha value is -0.120. The zero-order chi connectivity index (χ0) is 15.2. The lowest BCUT2D eigenvalue weighted by Gasteiger charge is -2.31. The van der Waals surface area contributed by atoms with Gasteiger partial charge in [0.15, 0.2) is 0 Å². The number of rotatable bonds is 14. The van der Waals surface area contributed by atoms with Gasteiger partial charge in [-0.15, -0.1) is 0 Å². The highest BCUT2D eigenvalue weighted by Crippen LogP contribution is 2.08. The van der Waals surface area contributed by atoms with Crippen LogP contribution >= 0.6 is 0 Å². The predicted molar refractivity (Wildman–Crippen MR) is 91.5 cm³/mol. The molecule has 0 spiro atoms. The summed E-state index contributed by atoms with van der Waals surface area (Å²) in [5.41, 5.74) is 0. The Morgan fingerprint density at radius 2 is 1.55 bits per heavy atom. The topological polar surface area (TPSA) is 18.5 Å². The van der Waals surface area contributed by atoms with Gasteiger partial charge in [0, 0.05) is 12.6 Å². The van der Waals surface area contributed by atoms with Crippen LogP contribution in [0, 0.1) is 0 Å². The van der Waals surface area contributed by atoms with Crippen molar-refractivity contribution in [3.63, 3.8) is 0 Å². The lowest BCUT2D eigenvalue weighted by atomic mass is 10.1. The smallest absolute Gasteiger partial charge is 0.0220 e. The summed E-state index contributed by atoms with van der Waals surface area (Å²) in [5, 5.41) is 3.60. The molecule has 1 unspecified atom stereocenters. The summed E-state index contributed by atoms with van der Waals surface area (Å²) < 4.78 is 0. The number of hydrogen-bond acceptors (Lipinski definition) is 3. The Bertz CT molecular complexity index is 193. The third-order valence-electron chi connectivity index (χ3n) is 4.17. The number of likely N-dealkylation sites (N-methyl/N-ethyl adjacent to an activating group) is 1. The van der Waals surface area contributed by atoms with E-state index in [2.05, 4.69) is 49.7 Å². The van der Waals surface area contributed by atoms with Crippen LogP contribution in [-0.4, -0.2) is 61.7 Å². The largest absolute Gasteiger partial charge is 0.315 e. The Morgan fingerprint density at radius 1 is 0.850 bits per heavy atom. The van der Waals surface area contributed by atoms with E-state index in [0.29, 0.717) is 6.04 Å². The average molecular weight is 286 g/mol. The van der Waals surface area contributed by atoms with Crippen LogP contribution in [0.1, 0.15) is 60.3 Å². The molecule has 0 aromatic heterocycles. The van der Waals surface area contributed by atoms with Gasteiger partial charge in [0.2, 0.25) is 0 Å². The molecular weight excluding hydrogens is 246 g/mol. The van der Waals surface area contributed by atoms with Gasteiger partial charge in [-0.25, -0.2) is 0 Å². The molecule has 0 radical (unpaired) electrons. The maximum Gasteiger partial charge on any atom is 0.0220 e. The third-order valence-corrected chi connectivity index (χ3v) is 4.17. The van der Waals surface area contributed by atoms with Gasteiger partial charge in [-0.3, -0.25) is 4.90 Å². The molecule has 1 atom stereocenters. The molecule has 0 aliphatic rings. The summed E-state index contributed by atoms with van der Waals surface area (Å²) in [6.45, 7) is 19.7. The molecule has 3 nitrogen and oxygen atoms in total. The first-order chi connectivity index (χ1) is 9.73. The standard InChI is InChI=1S/C17H39N3/c1-6-12-17(16-18-13-7-2)20(10-5)15-11-14-19(8-3)9-4/h17-18H,6-16H2,1-5H3. The summed E-state index contributed by atoms with van der Waals surface area (Å²) in [7, 11) is 0. The first kappa shape index (κ1) is 19.9. The quantitative estimate of drug-likeness (QED) is 0.494. The lowest BCUT2D eigenvalue weighted by Crippen LogP contribution is -2.43. The highest BCUT2D eigenvalue weighted by Gasteiger charge is 2.15. The molecule has 1 N–H and O–H groups in total. The first-order valence-corrected chi connectivity index (χ1v) is 8.90. The minimum Gasteiger partial charge on any atom is -0.315 e. The summed E-state index contributed by atoms with van der Waals surface area (Å²) in [6, 6.07) is 0.716. The highest BCUT2D eigenvalue weighted by molar-refractivity contribution is 4.73. The van der Waals surface area contributed by atoms with Crippen LogP contribution in [0.15, 0.2) is 0 Å². The highest BCUT2D eigenvalue weighted by atomic mass is 15.2. The SMILES string of the molecule is CCCNCC(CCC)N(CC)CCCN(CC)CC. The van der Waals surface area contributed by atoms with Crippen molar-refractivity contribution in [1.29, 1.82) is 0 Å². The van der Waals surface area contributed by atoms with Crippen molar-refractivity contribution >= 4 is 0 Å². The molecule has 0 saturated heterocycles. The van der Waals surface area contributed by atoms with E-state index < -0.39 is 0 Å². The molecule has 0 rings (SSSR count). The minimum atomic E-state index is 0.716. The van der Waals surface area contributed by atoms with Crippen LogP contribution in [-0.2, 0) is 0 Å². The molecular formula is C17H39N3. The maximum atomic E-state index is 3.60. The minimum absolute atomic E-state index is 0.716. The number of nitrogens with zero attached hydrogens (tertiary/aromatic N) is 2. The molecule has 122 valence electrons. The van der Waals surface area contributed by atoms with Gasteiger partial charge in [0.1, 0.15) is 0 Å². The normalized spacial score (nSPS) is 13.3. The van der Waals surface area contributed by atoms with Crippen molar-refractivity contribution in [2.24, 2.45) is 0 Å². The molecule has 3 heteroatoms. The van der Waals surface area contributed by atoms with Crippen molar-refractivity contribution in [2.45, 2.75) is 66.3 Å². The second kappa shape index (κ2) is 13.8. The Labute approximate surface area is 128 Å². The van der Waals surface area contributed by atoms with E-state index in [1.165, 1.54) is 58.4 Å². The second-order valence-corrected chi connectivity index (χ2v) is 5.66. The summed E-state index contributed by atoms with van der Waals surface area (Å²) in [6.07, 6.45) is 5.12. The fourth-order valence-electron chi connectivity index (χ4n) is 2.83. The zero-order valence-electron chi connectivity index (χ0n) is 14.7. The van der Waals surface area contributed by atoms with Gasteiger partial charge >= 0.3 is 0 Å². The van der Waals surface area contributed by atoms with E-state index in [0.717, 1.165) is 13.1 Å². The van der Waals surface area contributed by atoms with Crippen LogP contribution in [0.3, 0.4) is 0 Å². The van der Waals surface area contributed by atoms with E-state index in [1.54, 1.807) is 0 Å². The van der Waals surface area contributed by atoms with Crippen LogP contribution in [0.5, 0.6) is 0 Å². The maximum absolute atomic E-state index is 3.60. The van der Waals surface area contributed by atoms with Gasteiger partial charge < -0.3 is 10.2 Å². The molecule has 0 aliphatic heterocycles. The van der Waals surface area contributed by atoms with Crippen molar-refractivity contribution in [1.82, 2.24) is 15.1 Å². The summed E-state index contributed by atoms with van der Waals surface area (Å²) >= 11 is 0. The molecule has 0 heterocycles. The predicted octanol–water partition coefficient (Wildman–Crippen LogP) is 3.21.